The van der Waals surface area contributed by atoms with Crippen molar-refractivity contribution < 1.29 is 9.21 Å². The maximum Gasteiger partial charge on any atom is 0.349 e. The predicted molar refractivity (Wildman–Crippen MR) is 89.4 cm³/mol. The van der Waals surface area contributed by atoms with Crippen molar-refractivity contribution in [2.75, 3.05) is 7.05 Å². The quantitative estimate of drug-likeness (QED) is 0.696. The van der Waals surface area contributed by atoms with Crippen molar-refractivity contribution in [1.29, 1.82) is 5.26 Å². The molecule has 5 nitrogen and oxygen atoms in total. The summed E-state index contributed by atoms with van der Waals surface area (Å²) in [4.78, 5) is 26.1. The molecule has 1 amide bonds. The second-order valence-electron chi connectivity index (χ2n) is 5.46. The van der Waals surface area contributed by atoms with Crippen LogP contribution in [0.15, 0.2) is 63.8 Å². The van der Waals surface area contributed by atoms with E-state index in [1.54, 1.807) is 55.6 Å². The lowest BCUT2D eigenvalue weighted by atomic mass is 10.1. The SMILES string of the molecule is CN(Cc1ccc(C#N)cc1)C(=O)c1cc2ccccc2oc1=O. The van der Waals surface area contributed by atoms with Crippen molar-refractivity contribution in [1.82, 2.24) is 4.90 Å². The highest BCUT2D eigenvalue weighted by atomic mass is 16.4. The third-order valence-corrected chi connectivity index (χ3v) is 3.72. The average Bonchev–Trinajstić information content (AvgIpc) is 2.61. The van der Waals surface area contributed by atoms with Crippen LogP contribution in [0.25, 0.3) is 11.0 Å². The molecule has 0 fully saturated rings. The summed E-state index contributed by atoms with van der Waals surface area (Å²) in [5, 5.41) is 9.51. The fourth-order valence-corrected chi connectivity index (χ4v) is 2.45. The standard InChI is InChI=1S/C19H14N2O3/c1-21(12-14-8-6-13(11-20)7-9-14)18(22)16-10-15-4-2-3-5-17(15)24-19(16)23/h2-10H,12H2,1H3. The van der Waals surface area contributed by atoms with Crippen molar-refractivity contribution >= 4 is 16.9 Å². The maximum absolute atomic E-state index is 12.6. The normalized spacial score (nSPS) is 10.3. The second kappa shape index (κ2) is 6.39. The third kappa shape index (κ3) is 3.03. The molecule has 0 aliphatic rings. The Balaban J connectivity index is 1.86. The summed E-state index contributed by atoms with van der Waals surface area (Å²) in [7, 11) is 1.62. The Morgan fingerprint density at radius 3 is 2.58 bits per heavy atom. The number of carbonyl (C=O) groups is 1. The van der Waals surface area contributed by atoms with Crippen molar-refractivity contribution in [2.45, 2.75) is 6.54 Å². The number of hydrogen-bond acceptors (Lipinski definition) is 4. The minimum Gasteiger partial charge on any atom is -0.422 e. The summed E-state index contributed by atoms with van der Waals surface area (Å²) in [6, 6.07) is 17.6. The molecule has 3 aromatic rings. The number of nitrogens with zero attached hydrogens (tertiary/aromatic N) is 2. The number of carbonyl (C=O) groups excluding carboxylic acids is 1. The van der Waals surface area contributed by atoms with E-state index >= 15 is 0 Å². The first kappa shape index (κ1) is 15.5. The van der Waals surface area contributed by atoms with Crippen LogP contribution in [0.4, 0.5) is 0 Å². The molecule has 0 spiro atoms. The Morgan fingerprint density at radius 2 is 1.88 bits per heavy atom. The summed E-state index contributed by atoms with van der Waals surface area (Å²) in [6.07, 6.45) is 0. The van der Waals surface area contributed by atoms with Gasteiger partial charge in [0, 0.05) is 19.0 Å². The molecule has 0 saturated carbocycles. The molecule has 3 rings (SSSR count). The van der Waals surface area contributed by atoms with Crippen LogP contribution in [0.5, 0.6) is 0 Å². The van der Waals surface area contributed by atoms with Gasteiger partial charge >= 0.3 is 5.63 Å². The van der Waals surface area contributed by atoms with Crippen molar-refractivity contribution in [3.63, 3.8) is 0 Å². The van der Waals surface area contributed by atoms with E-state index in [2.05, 4.69) is 0 Å². The van der Waals surface area contributed by atoms with E-state index < -0.39 is 11.5 Å². The molecule has 0 atom stereocenters. The van der Waals surface area contributed by atoms with Gasteiger partial charge in [-0.1, -0.05) is 30.3 Å². The van der Waals surface area contributed by atoms with E-state index in [1.807, 2.05) is 12.1 Å². The van der Waals surface area contributed by atoms with Crippen LogP contribution in [-0.2, 0) is 6.54 Å². The van der Waals surface area contributed by atoms with E-state index in [0.29, 0.717) is 23.1 Å². The van der Waals surface area contributed by atoms with E-state index in [1.165, 1.54) is 4.90 Å². The molecule has 118 valence electrons. The van der Waals surface area contributed by atoms with E-state index in [0.717, 1.165) is 5.56 Å². The minimum atomic E-state index is -0.648. The second-order valence-corrected chi connectivity index (χ2v) is 5.46. The van der Waals surface area contributed by atoms with Crippen LogP contribution in [0.1, 0.15) is 21.5 Å². The molecular formula is C19H14N2O3. The van der Waals surface area contributed by atoms with Crippen molar-refractivity contribution in [3.05, 3.63) is 81.7 Å². The Bertz CT molecular complexity index is 998. The third-order valence-electron chi connectivity index (χ3n) is 3.72. The van der Waals surface area contributed by atoms with Gasteiger partial charge in [-0.3, -0.25) is 4.79 Å². The van der Waals surface area contributed by atoms with Gasteiger partial charge in [-0.25, -0.2) is 4.79 Å². The van der Waals surface area contributed by atoms with Gasteiger partial charge in [0.2, 0.25) is 0 Å². The Labute approximate surface area is 138 Å². The lowest BCUT2D eigenvalue weighted by molar-refractivity contribution is 0.0781. The molecule has 0 unspecified atom stereocenters. The first-order valence-electron chi connectivity index (χ1n) is 7.36. The molecule has 24 heavy (non-hydrogen) atoms. The van der Waals surface area contributed by atoms with Gasteiger partial charge in [0.1, 0.15) is 11.1 Å². The molecule has 5 heteroatoms. The van der Waals surface area contributed by atoms with Gasteiger partial charge in [0.05, 0.1) is 11.6 Å². The van der Waals surface area contributed by atoms with Gasteiger partial charge in [0.25, 0.3) is 5.91 Å². The highest BCUT2D eigenvalue weighted by molar-refractivity contribution is 5.96. The van der Waals surface area contributed by atoms with Crippen LogP contribution >= 0.6 is 0 Å². The fourth-order valence-electron chi connectivity index (χ4n) is 2.45. The number of amides is 1. The van der Waals surface area contributed by atoms with E-state index in [9.17, 15) is 9.59 Å². The summed E-state index contributed by atoms with van der Waals surface area (Å²) in [5.74, 6) is -0.404. The highest BCUT2D eigenvalue weighted by Gasteiger charge is 2.18. The lowest BCUT2D eigenvalue weighted by Gasteiger charge is -2.17. The van der Waals surface area contributed by atoms with Gasteiger partial charge in [-0.15, -0.1) is 0 Å². The van der Waals surface area contributed by atoms with Gasteiger partial charge in [-0.2, -0.15) is 5.26 Å². The first-order chi connectivity index (χ1) is 11.6. The van der Waals surface area contributed by atoms with Crippen LogP contribution in [-0.4, -0.2) is 17.9 Å². The van der Waals surface area contributed by atoms with Crippen LogP contribution in [0.3, 0.4) is 0 Å². The zero-order valence-electron chi connectivity index (χ0n) is 13.0. The summed E-state index contributed by atoms with van der Waals surface area (Å²) >= 11 is 0. The summed E-state index contributed by atoms with van der Waals surface area (Å²) < 4.78 is 5.21. The van der Waals surface area contributed by atoms with Gasteiger partial charge in [0.15, 0.2) is 0 Å². The number of rotatable bonds is 3. The number of benzene rings is 2. The molecule has 0 N–H and O–H groups in total. The Morgan fingerprint density at radius 1 is 1.17 bits per heavy atom. The molecule has 1 heterocycles. The monoisotopic (exact) mass is 318 g/mol. The topological polar surface area (TPSA) is 74.3 Å². The minimum absolute atomic E-state index is 0.00449. The van der Waals surface area contributed by atoms with E-state index in [-0.39, 0.29) is 5.56 Å². The largest absolute Gasteiger partial charge is 0.422 e. The maximum atomic E-state index is 12.6. The predicted octanol–water partition coefficient (Wildman–Crippen LogP) is 2.94. The van der Waals surface area contributed by atoms with Gasteiger partial charge < -0.3 is 9.32 Å². The number of hydrogen-bond donors (Lipinski definition) is 0. The molecular weight excluding hydrogens is 304 g/mol. The Hall–Kier alpha value is -3.39. The molecule has 0 aliphatic heterocycles. The number of para-hydroxylation sites is 1. The van der Waals surface area contributed by atoms with Crippen molar-refractivity contribution in [2.24, 2.45) is 0 Å². The number of fused-ring (bicyclic) bond motifs is 1. The van der Waals surface area contributed by atoms with Gasteiger partial charge in [-0.05, 0) is 29.8 Å². The van der Waals surface area contributed by atoms with E-state index in [4.69, 9.17) is 9.68 Å². The highest BCUT2D eigenvalue weighted by Crippen LogP contribution is 2.14. The fraction of sp³-hybridized carbons (Fsp3) is 0.105. The van der Waals surface area contributed by atoms with Crippen LogP contribution in [0.2, 0.25) is 0 Å². The number of nitriles is 1. The average molecular weight is 318 g/mol. The molecule has 0 aliphatic carbocycles. The Kier molecular flexibility index (Phi) is 4.13. The zero-order valence-corrected chi connectivity index (χ0v) is 13.0. The zero-order chi connectivity index (χ0) is 17.1. The molecule has 0 saturated heterocycles. The molecule has 0 radical (unpaired) electrons. The van der Waals surface area contributed by atoms with Crippen LogP contribution < -0.4 is 5.63 Å². The summed E-state index contributed by atoms with van der Waals surface area (Å²) in [5.41, 5.74) is 1.24. The lowest BCUT2D eigenvalue weighted by Crippen LogP contribution is -2.30. The summed E-state index contributed by atoms with van der Waals surface area (Å²) in [6.45, 7) is 0.330. The molecule has 1 aromatic heterocycles. The molecule has 2 aromatic carbocycles. The first-order valence-corrected chi connectivity index (χ1v) is 7.36. The van der Waals surface area contributed by atoms with Crippen LogP contribution in [0, 0.1) is 11.3 Å². The molecule has 0 bridgehead atoms. The smallest absolute Gasteiger partial charge is 0.349 e. The van der Waals surface area contributed by atoms with Crippen molar-refractivity contribution in [3.8, 4) is 6.07 Å².